The van der Waals surface area contributed by atoms with Crippen LogP contribution in [-0.2, 0) is 9.84 Å². The molecule has 160 valence electrons. The molecule has 0 atom stereocenters. The van der Waals surface area contributed by atoms with Gasteiger partial charge in [-0.25, -0.2) is 8.42 Å². The van der Waals surface area contributed by atoms with Crippen molar-refractivity contribution in [1.82, 2.24) is 0 Å². The largest absolute Gasteiger partial charge is 0.502 e. The average molecular weight is 426 g/mol. The normalized spacial score (nSPS) is 11.2. The Bertz CT molecular complexity index is 827. The van der Waals surface area contributed by atoms with Crippen molar-refractivity contribution in [3.8, 4) is 34.5 Å². The van der Waals surface area contributed by atoms with Gasteiger partial charge in [0.15, 0.2) is 23.0 Å². The molecule has 0 aliphatic carbocycles. The zero-order valence-corrected chi connectivity index (χ0v) is 17.7. The van der Waals surface area contributed by atoms with Gasteiger partial charge < -0.3 is 29.2 Å². The summed E-state index contributed by atoms with van der Waals surface area (Å²) in [6.45, 7) is 7.76. The lowest BCUT2D eigenvalue weighted by Gasteiger charge is -2.16. The highest BCUT2D eigenvalue weighted by Crippen LogP contribution is 2.43. The number of aromatic hydroxyl groups is 2. The Morgan fingerprint density at radius 3 is 1.07 bits per heavy atom. The van der Waals surface area contributed by atoms with Crippen molar-refractivity contribution in [3.63, 3.8) is 0 Å². The summed E-state index contributed by atoms with van der Waals surface area (Å²) in [5.41, 5.74) is 0. The Kier molecular flexibility index (Phi) is 7.44. The van der Waals surface area contributed by atoms with Crippen LogP contribution in [0, 0.1) is 0 Å². The van der Waals surface area contributed by atoms with Gasteiger partial charge in [0.1, 0.15) is 0 Å². The van der Waals surface area contributed by atoms with Gasteiger partial charge in [-0.15, -0.1) is 0 Å². The van der Waals surface area contributed by atoms with E-state index in [2.05, 4.69) is 0 Å². The van der Waals surface area contributed by atoms with Crippen molar-refractivity contribution in [3.05, 3.63) is 24.3 Å². The zero-order valence-electron chi connectivity index (χ0n) is 16.9. The number of sulfone groups is 1. The van der Waals surface area contributed by atoms with Gasteiger partial charge in [0.2, 0.25) is 21.3 Å². The number of phenolic OH excluding ortho intramolecular Hbond substituents is 2. The standard InChI is InChI=1S/C20H26O8S/c1-5-25-15-9-13(10-16(19(15)21)26-6-2)29(23,24)14-11-17(27-7-3)20(22)18(12-14)28-8-4/h9-12,21-22H,5-8H2,1-4H3. The van der Waals surface area contributed by atoms with Crippen molar-refractivity contribution in [1.29, 1.82) is 0 Å². The highest BCUT2D eigenvalue weighted by molar-refractivity contribution is 7.91. The third-order valence-corrected chi connectivity index (χ3v) is 5.56. The maximum atomic E-state index is 13.3. The Labute approximate surface area is 170 Å². The average Bonchev–Trinajstić information content (AvgIpc) is 2.68. The van der Waals surface area contributed by atoms with Crippen LogP contribution in [0.25, 0.3) is 0 Å². The van der Waals surface area contributed by atoms with E-state index in [9.17, 15) is 18.6 Å². The summed E-state index contributed by atoms with van der Waals surface area (Å²) in [6.07, 6.45) is 0. The third kappa shape index (κ3) is 4.79. The van der Waals surface area contributed by atoms with Gasteiger partial charge in [-0.05, 0) is 27.7 Å². The summed E-state index contributed by atoms with van der Waals surface area (Å²) in [6, 6.07) is 4.91. The summed E-state index contributed by atoms with van der Waals surface area (Å²) in [5, 5.41) is 20.5. The van der Waals surface area contributed by atoms with Gasteiger partial charge in [-0.1, -0.05) is 0 Å². The van der Waals surface area contributed by atoms with E-state index < -0.39 is 9.84 Å². The topological polar surface area (TPSA) is 112 Å². The number of benzene rings is 2. The van der Waals surface area contributed by atoms with Gasteiger partial charge in [0, 0.05) is 24.3 Å². The van der Waals surface area contributed by atoms with E-state index in [1.807, 2.05) is 0 Å². The van der Waals surface area contributed by atoms with Crippen LogP contribution in [0.2, 0.25) is 0 Å². The summed E-state index contributed by atoms with van der Waals surface area (Å²) < 4.78 is 48.0. The first-order valence-corrected chi connectivity index (χ1v) is 10.8. The number of ether oxygens (including phenoxy) is 4. The van der Waals surface area contributed by atoms with Crippen LogP contribution in [0.15, 0.2) is 34.1 Å². The molecule has 0 aliphatic rings. The molecule has 2 aromatic carbocycles. The lowest BCUT2D eigenvalue weighted by molar-refractivity contribution is 0.287. The van der Waals surface area contributed by atoms with Crippen molar-refractivity contribution in [2.75, 3.05) is 26.4 Å². The van der Waals surface area contributed by atoms with Gasteiger partial charge in [0.05, 0.1) is 36.2 Å². The van der Waals surface area contributed by atoms with Crippen LogP contribution in [0.3, 0.4) is 0 Å². The molecule has 0 aliphatic heterocycles. The maximum absolute atomic E-state index is 13.3. The zero-order chi connectivity index (χ0) is 21.6. The monoisotopic (exact) mass is 426 g/mol. The fourth-order valence-corrected chi connectivity index (χ4v) is 3.95. The van der Waals surface area contributed by atoms with Crippen LogP contribution >= 0.6 is 0 Å². The second-order valence-electron chi connectivity index (χ2n) is 5.77. The fourth-order valence-electron chi connectivity index (χ4n) is 2.62. The lowest BCUT2D eigenvalue weighted by atomic mass is 10.3. The number of rotatable bonds is 10. The van der Waals surface area contributed by atoms with E-state index >= 15 is 0 Å². The first kappa shape index (κ1) is 22.5. The molecule has 0 spiro atoms. The highest BCUT2D eigenvalue weighted by Gasteiger charge is 2.26. The Balaban J connectivity index is 2.68. The highest BCUT2D eigenvalue weighted by atomic mass is 32.2. The van der Waals surface area contributed by atoms with Gasteiger partial charge in [0.25, 0.3) is 0 Å². The number of hydrogen-bond donors (Lipinski definition) is 2. The molecule has 0 bridgehead atoms. The number of hydrogen-bond acceptors (Lipinski definition) is 8. The molecule has 0 saturated carbocycles. The molecule has 0 amide bonds. The lowest BCUT2D eigenvalue weighted by Crippen LogP contribution is -2.06. The van der Waals surface area contributed by atoms with Crippen molar-refractivity contribution in [2.24, 2.45) is 0 Å². The van der Waals surface area contributed by atoms with E-state index in [4.69, 9.17) is 18.9 Å². The maximum Gasteiger partial charge on any atom is 0.207 e. The van der Waals surface area contributed by atoms with Crippen molar-refractivity contribution >= 4 is 9.84 Å². The minimum absolute atomic E-state index is 0.00846. The molecule has 8 nitrogen and oxygen atoms in total. The predicted molar refractivity (Wildman–Crippen MR) is 106 cm³/mol. The minimum atomic E-state index is -4.08. The van der Waals surface area contributed by atoms with Crippen LogP contribution in [-0.4, -0.2) is 45.1 Å². The van der Waals surface area contributed by atoms with E-state index in [0.717, 1.165) is 0 Å². The summed E-state index contributed by atoms with van der Waals surface area (Å²) >= 11 is 0. The molecule has 0 saturated heterocycles. The molecule has 2 rings (SSSR count). The Morgan fingerprint density at radius 2 is 0.862 bits per heavy atom. The molecular formula is C20H26O8S. The first-order valence-electron chi connectivity index (χ1n) is 9.30. The molecule has 9 heteroatoms. The molecule has 0 fully saturated rings. The SMILES string of the molecule is CCOc1cc(S(=O)(=O)c2cc(OCC)c(O)c(OCC)c2)cc(OCC)c1O. The number of phenols is 2. The van der Waals surface area contributed by atoms with Crippen LogP contribution < -0.4 is 18.9 Å². The second-order valence-corrected chi connectivity index (χ2v) is 7.72. The fraction of sp³-hybridized carbons (Fsp3) is 0.400. The van der Waals surface area contributed by atoms with Crippen molar-refractivity contribution < 1.29 is 37.6 Å². The predicted octanol–water partition coefficient (Wildman–Crippen LogP) is 3.53. The van der Waals surface area contributed by atoms with E-state index in [-0.39, 0.29) is 70.7 Å². The van der Waals surface area contributed by atoms with E-state index in [1.54, 1.807) is 27.7 Å². The summed E-state index contributed by atoms with van der Waals surface area (Å²) in [7, 11) is -4.08. The molecule has 2 N–H and O–H groups in total. The van der Waals surface area contributed by atoms with E-state index in [0.29, 0.717) is 0 Å². The molecule has 0 heterocycles. The van der Waals surface area contributed by atoms with Crippen molar-refractivity contribution in [2.45, 2.75) is 37.5 Å². The molecule has 0 radical (unpaired) electrons. The molecule has 0 unspecified atom stereocenters. The van der Waals surface area contributed by atoms with Gasteiger partial charge in [-0.2, -0.15) is 0 Å². The molecule has 0 aromatic heterocycles. The minimum Gasteiger partial charge on any atom is -0.502 e. The molecular weight excluding hydrogens is 400 g/mol. The molecule has 29 heavy (non-hydrogen) atoms. The first-order chi connectivity index (χ1) is 13.8. The van der Waals surface area contributed by atoms with Crippen LogP contribution in [0.1, 0.15) is 27.7 Å². The Hall–Kier alpha value is -2.81. The smallest absolute Gasteiger partial charge is 0.207 e. The Morgan fingerprint density at radius 1 is 0.621 bits per heavy atom. The van der Waals surface area contributed by atoms with Gasteiger partial charge >= 0.3 is 0 Å². The quantitative estimate of drug-likeness (QED) is 0.594. The second kappa shape index (κ2) is 9.60. The van der Waals surface area contributed by atoms with Crippen LogP contribution in [0.5, 0.6) is 34.5 Å². The summed E-state index contributed by atoms with van der Waals surface area (Å²) in [4.78, 5) is -0.282. The van der Waals surface area contributed by atoms with Crippen LogP contribution in [0.4, 0.5) is 0 Å². The van der Waals surface area contributed by atoms with E-state index in [1.165, 1.54) is 24.3 Å². The third-order valence-electron chi connectivity index (χ3n) is 3.85. The van der Waals surface area contributed by atoms with Gasteiger partial charge in [-0.3, -0.25) is 0 Å². The summed E-state index contributed by atoms with van der Waals surface area (Å²) in [5.74, 6) is -0.583. The molecule has 2 aromatic rings.